The molecule has 0 radical (unpaired) electrons. The Hall–Kier alpha value is -3.61. The molecule has 0 aliphatic heterocycles. The Kier molecular flexibility index (Phi) is 5.52. The van der Waals surface area contributed by atoms with Crippen molar-refractivity contribution in [3.63, 3.8) is 0 Å². The molecule has 0 aliphatic carbocycles. The fourth-order valence-electron chi connectivity index (χ4n) is 3.70. The number of rotatable bonds is 7. The van der Waals surface area contributed by atoms with Crippen LogP contribution in [0.15, 0.2) is 59.5 Å². The molecule has 4 rings (SSSR count). The average Bonchev–Trinajstić information content (AvgIpc) is 3.07. The molecular formula is C23H24N4O3. The fraction of sp³-hybridized carbons (Fsp3) is 0.261. The number of aromatic nitrogens is 3. The number of ether oxygens (including phenoxy) is 1. The van der Waals surface area contributed by atoms with Gasteiger partial charge in [-0.3, -0.25) is 9.59 Å². The van der Waals surface area contributed by atoms with Crippen molar-refractivity contribution in [2.45, 2.75) is 33.4 Å². The third kappa shape index (κ3) is 3.66. The first-order chi connectivity index (χ1) is 14.6. The highest BCUT2D eigenvalue weighted by Gasteiger charge is 2.16. The van der Waals surface area contributed by atoms with Crippen LogP contribution in [0.5, 0.6) is 5.75 Å². The Morgan fingerprint density at radius 3 is 2.57 bits per heavy atom. The first kappa shape index (κ1) is 19.7. The average molecular weight is 404 g/mol. The lowest BCUT2D eigenvalue weighted by Gasteiger charge is -2.09. The van der Waals surface area contributed by atoms with Crippen molar-refractivity contribution in [1.82, 2.24) is 14.3 Å². The van der Waals surface area contributed by atoms with Gasteiger partial charge in [0.2, 0.25) is 5.91 Å². The molecule has 2 aromatic heterocycles. The predicted octanol–water partition coefficient (Wildman–Crippen LogP) is 3.80. The normalized spacial score (nSPS) is 11.1. The maximum Gasteiger partial charge on any atom is 0.291 e. The summed E-state index contributed by atoms with van der Waals surface area (Å²) < 4.78 is 8.65. The van der Waals surface area contributed by atoms with Crippen LogP contribution >= 0.6 is 0 Å². The van der Waals surface area contributed by atoms with Crippen LogP contribution in [0.3, 0.4) is 0 Å². The van der Waals surface area contributed by atoms with E-state index in [-0.39, 0.29) is 18.0 Å². The summed E-state index contributed by atoms with van der Waals surface area (Å²) in [6.45, 7) is 5.14. The predicted molar refractivity (Wildman–Crippen MR) is 118 cm³/mol. The monoisotopic (exact) mass is 404 g/mol. The van der Waals surface area contributed by atoms with Gasteiger partial charge in [-0.2, -0.15) is 5.10 Å². The molecule has 7 nitrogen and oxygen atoms in total. The van der Waals surface area contributed by atoms with Crippen molar-refractivity contribution in [1.29, 1.82) is 0 Å². The largest absolute Gasteiger partial charge is 0.494 e. The van der Waals surface area contributed by atoms with E-state index in [4.69, 9.17) is 4.74 Å². The summed E-state index contributed by atoms with van der Waals surface area (Å²) >= 11 is 0. The van der Waals surface area contributed by atoms with E-state index in [1.54, 1.807) is 30.5 Å². The Morgan fingerprint density at radius 2 is 1.83 bits per heavy atom. The van der Waals surface area contributed by atoms with Gasteiger partial charge in [-0.05, 0) is 43.7 Å². The minimum atomic E-state index is -0.314. The Morgan fingerprint density at radius 1 is 1.07 bits per heavy atom. The minimum absolute atomic E-state index is 0.157. The van der Waals surface area contributed by atoms with Crippen LogP contribution in [0.25, 0.3) is 21.8 Å². The van der Waals surface area contributed by atoms with Crippen LogP contribution in [0.4, 0.5) is 5.69 Å². The molecular weight excluding hydrogens is 380 g/mol. The molecule has 0 saturated heterocycles. The van der Waals surface area contributed by atoms with Gasteiger partial charge in [0.15, 0.2) is 0 Å². The topological polar surface area (TPSA) is 78.2 Å². The SMILES string of the molecule is CCCn1c2ccccc2c2cnn(CC(=O)Nc3ccc(OCC)cc3)c(=O)c21. The molecule has 1 N–H and O–H groups in total. The number of aryl methyl sites for hydroxylation is 1. The molecule has 2 aromatic carbocycles. The van der Waals surface area contributed by atoms with Crippen LogP contribution in [-0.2, 0) is 17.9 Å². The van der Waals surface area contributed by atoms with E-state index >= 15 is 0 Å². The van der Waals surface area contributed by atoms with Gasteiger partial charge in [-0.1, -0.05) is 25.1 Å². The maximum absolute atomic E-state index is 13.2. The van der Waals surface area contributed by atoms with E-state index < -0.39 is 0 Å². The standard InChI is InChI=1S/C23H24N4O3/c1-3-13-26-20-8-6-5-7-18(20)19-14-24-27(23(29)22(19)26)15-21(28)25-16-9-11-17(12-10-16)30-4-2/h5-12,14H,3-4,13,15H2,1-2H3,(H,25,28). The van der Waals surface area contributed by atoms with Crippen molar-refractivity contribution >= 4 is 33.4 Å². The zero-order chi connectivity index (χ0) is 21.1. The van der Waals surface area contributed by atoms with Crippen LogP contribution in [0.2, 0.25) is 0 Å². The van der Waals surface area contributed by atoms with Crippen LogP contribution in [0.1, 0.15) is 20.3 Å². The fourth-order valence-corrected chi connectivity index (χ4v) is 3.70. The molecule has 0 fully saturated rings. The molecule has 30 heavy (non-hydrogen) atoms. The molecule has 0 bridgehead atoms. The van der Waals surface area contributed by atoms with E-state index in [1.807, 2.05) is 35.8 Å². The summed E-state index contributed by atoms with van der Waals surface area (Å²) in [4.78, 5) is 25.7. The zero-order valence-electron chi connectivity index (χ0n) is 17.1. The third-order valence-corrected chi connectivity index (χ3v) is 4.96. The van der Waals surface area contributed by atoms with E-state index in [0.717, 1.165) is 35.0 Å². The van der Waals surface area contributed by atoms with Crippen LogP contribution < -0.4 is 15.6 Å². The minimum Gasteiger partial charge on any atom is -0.494 e. The first-order valence-electron chi connectivity index (χ1n) is 10.1. The summed E-state index contributed by atoms with van der Waals surface area (Å²) in [6, 6.07) is 15.0. The molecule has 7 heteroatoms. The Balaban J connectivity index is 1.63. The number of fused-ring (bicyclic) bond motifs is 3. The quantitative estimate of drug-likeness (QED) is 0.508. The Bertz CT molecular complexity index is 1260. The lowest BCUT2D eigenvalue weighted by atomic mass is 10.2. The molecule has 4 aromatic rings. The number of amides is 1. The molecule has 0 spiro atoms. The lowest BCUT2D eigenvalue weighted by Crippen LogP contribution is -2.30. The van der Waals surface area contributed by atoms with Crippen molar-refractivity contribution in [3.05, 3.63) is 65.1 Å². The number of hydrogen-bond donors (Lipinski definition) is 1. The number of benzene rings is 2. The van der Waals surface area contributed by atoms with Crippen molar-refractivity contribution in [3.8, 4) is 5.75 Å². The zero-order valence-corrected chi connectivity index (χ0v) is 17.1. The highest BCUT2D eigenvalue weighted by Crippen LogP contribution is 2.26. The molecule has 2 heterocycles. The number of anilines is 1. The van der Waals surface area contributed by atoms with Crippen molar-refractivity contribution < 1.29 is 9.53 Å². The van der Waals surface area contributed by atoms with Gasteiger partial charge in [0.25, 0.3) is 5.56 Å². The van der Waals surface area contributed by atoms with Gasteiger partial charge in [-0.15, -0.1) is 0 Å². The maximum atomic E-state index is 13.2. The second-order valence-electron chi connectivity index (χ2n) is 7.04. The second kappa shape index (κ2) is 8.41. The first-order valence-corrected chi connectivity index (χ1v) is 10.1. The lowest BCUT2D eigenvalue weighted by molar-refractivity contribution is -0.117. The van der Waals surface area contributed by atoms with Crippen molar-refractivity contribution in [2.75, 3.05) is 11.9 Å². The third-order valence-electron chi connectivity index (χ3n) is 4.96. The summed E-state index contributed by atoms with van der Waals surface area (Å²) in [7, 11) is 0. The van der Waals surface area contributed by atoms with Gasteiger partial charge >= 0.3 is 0 Å². The van der Waals surface area contributed by atoms with Gasteiger partial charge in [0.1, 0.15) is 17.8 Å². The van der Waals surface area contributed by atoms with E-state index in [2.05, 4.69) is 17.3 Å². The highest BCUT2D eigenvalue weighted by atomic mass is 16.5. The molecule has 0 atom stereocenters. The van der Waals surface area contributed by atoms with Gasteiger partial charge in [0.05, 0.1) is 12.8 Å². The number of nitrogens with zero attached hydrogens (tertiary/aromatic N) is 3. The highest BCUT2D eigenvalue weighted by molar-refractivity contribution is 6.07. The van der Waals surface area contributed by atoms with Gasteiger partial charge in [-0.25, -0.2) is 4.68 Å². The molecule has 0 unspecified atom stereocenters. The Labute approximate surface area is 173 Å². The second-order valence-corrected chi connectivity index (χ2v) is 7.04. The number of nitrogens with one attached hydrogen (secondary N) is 1. The number of hydrogen-bond acceptors (Lipinski definition) is 4. The van der Waals surface area contributed by atoms with E-state index in [9.17, 15) is 9.59 Å². The number of para-hydroxylation sites is 1. The van der Waals surface area contributed by atoms with E-state index in [0.29, 0.717) is 17.8 Å². The summed E-state index contributed by atoms with van der Waals surface area (Å²) in [6.07, 6.45) is 2.57. The molecule has 0 aliphatic rings. The smallest absolute Gasteiger partial charge is 0.291 e. The van der Waals surface area contributed by atoms with Crippen LogP contribution in [0, 0.1) is 0 Å². The molecule has 1 amide bonds. The van der Waals surface area contributed by atoms with Crippen LogP contribution in [-0.4, -0.2) is 26.9 Å². The summed E-state index contributed by atoms with van der Waals surface area (Å²) in [5.41, 5.74) is 1.96. The number of carbonyl (C=O) groups is 1. The molecule has 0 saturated carbocycles. The van der Waals surface area contributed by atoms with Crippen molar-refractivity contribution in [2.24, 2.45) is 0 Å². The summed E-state index contributed by atoms with van der Waals surface area (Å²) in [5, 5.41) is 8.87. The number of carbonyl (C=O) groups excluding carboxylic acids is 1. The summed E-state index contributed by atoms with van der Waals surface area (Å²) in [5.74, 6) is 0.425. The van der Waals surface area contributed by atoms with Gasteiger partial charge in [0, 0.05) is 28.5 Å². The van der Waals surface area contributed by atoms with E-state index in [1.165, 1.54) is 4.68 Å². The van der Waals surface area contributed by atoms with Gasteiger partial charge < -0.3 is 14.6 Å². The molecule has 154 valence electrons.